The molecular formula is C12H17N3O2. The first-order valence-electron chi connectivity index (χ1n) is 5.81. The fourth-order valence-corrected chi connectivity index (χ4v) is 2.32. The van der Waals surface area contributed by atoms with E-state index in [2.05, 4.69) is 24.1 Å². The zero-order valence-electron chi connectivity index (χ0n) is 10.1. The highest BCUT2D eigenvalue weighted by Crippen LogP contribution is 2.21. The molecule has 0 aromatic heterocycles. The number of rotatable bonds is 2. The summed E-state index contributed by atoms with van der Waals surface area (Å²) in [5, 5.41) is 14.0. The molecule has 0 radical (unpaired) electrons. The van der Waals surface area contributed by atoms with Gasteiger partial charge in [0, 0.05) is 43.0 Å². The van der Waals surface area contributed by atoms with Crippen LogP contribution in [0.2, 0.25) is 0 Å². The largest absolute Gasteiger partial charge is 0.368 e. The summed E-state index contributed by atoms with van der Waals surface area (Å²) in [4.78, 5) is 12.5. The number of anilines is 1. The van der Waals surface area contributed by atoms with Gasteiger partial charge in [-0.3, -0.25) is 10.1 Å². The van der Waals surface area contributed by atoms with Crippen molar-refractivity contribution >= 4 is 11.4 Å². The molecule has 1 saturated heterocycles. The Kier molecular flexibility index (Phi) is 3.28. The highest BCUT2D eigenvalue weighted by atomic mass is 16.6. The first-order chi connectivity index (χ1) is 8.06. The number of hydrogen-bond donors (Lipinski definition) is 1. The first kappa shape index (κ1) is 11.9. The van der Waals surface area contributed by atoms with E-state index < -0.39 is 0 Å². The number of nitrogens with zero attached hydrogens (tertiary/aromatic N) is 2. The molecule has 0 saturated carbocycles. The van der Waals surface area contributed by atoms with E-state index in [4.69, 9.17) is 0 Å². The normalized spacial score (nSPS) is 24.7. The quantitative estimate of drug-likeness (QED) is 0.627. The highest BCUT2D eigenvalue weighted by Gasteiger charge is 2.21. The van der Waals surface area contributed by atoms with Gasteiger partial charge in [0.1, 0.15) is 0 Å². The SMILES string of the molecule is C[C@@H]1CN(c2ccc([N+](=O)[O-])cc2)C[C@@H](C)N1. The lowest BCUT2D eigenvalue weighted by molar-refractivity contribution is -0.384. The van der Waals surface area contributed by atoms with Crippen molar-refractivity contribution in [1.29, 1.82) is 0 Å². The van der Waals surface area contributed by atoms with E-state index in [-0.39, 0.29) is 10.6 Å². The van der Waals surface area contributed by atoms with Gasteiger partial charge in [-0.1, -0.05) is 0 Å². The van der Waals surface area contributed by atoms with Gasteiger partial charge in [-0.2, -0.15) is 0 Å². The molecule has 0 amide bonds. The summed E-state index contributed by atoms with van der Waals surface area (Å²) in [5.41, 5.74) is 1.20. The first-order valence-corrected chi connectivity index (χ1v) is 5.81. The van der Waals surface area contributed by atoms with Crippen LogP contribution in [-0.2, 0) is 0 Å². The van der Waals surface area contributed by atoms with Gasteiger partial charge in [0.2, 0.25) is 0 Å². The number of hydrogen-bond acceptors (Lipinski definition) is 4. The second-order valence-corrected chi connectivity index (χ2v) is 4.65. The summed E-state index contributed by atoms with van der Waals surface area (Å²) in [5.74, 6) is 0. The molecule has 92 valence electrons. The second kappa shape index (κ2) is 4.71. The Morgan fingerprint density at radius 1 is 1.24 bits per heavy atom. The molecule has 5 heteroatoms. The van der Waals surface area contributed by atoms with Crippen molar-refractivity contribution in [3.8, 4) is 0 Å². The third kappa shape index (κ3) is 2.74. The Hall–Kier alpha value is -1.62. The van der Waals surface area contributed by atoms with Crippen LogP contribution < -0.4 is 10.2 Å². The van der Waals surface area contributed by atoms with E-state index in [1.54, 1.807) is 12.1 Å². The minimum atomic E-state index is -0.368. The minimum absolute atomic E-state index is 0.144. The maximum absolute atomic E-state index is 10.6. The molecule has 1 N–H and O–H groups in total. The van der Waals surface area contributed by atoms with Crippen molar-refractivity contribution in [2.75, 3.05) is 18.0 Å². The molecule has 1 heterocycles. The summed E-state index contributed by atoms with van der Waals surface area (Å²) in [6.45, 7) is 6.16. The smallest absolute Gasteiger partial charge is 0.269 e. The van der Waals surface area contributed by atoms with Crippen LogP contribution in [0.5, 0.6) is 0 Å². The number of nitro benzene ring substituents is 1. The van der Waals surface area contributed by atoms with E-state index in [1.807, 2.05) is 12.1 Å². The molecule has 5 nitrogen and oxygen atoms in total. The van der Waals surface area contributed by atoms with Gasteiger partial charge in [0.15, 0.2) is 0 Å². The van der Waals surface area contributed by atoms with Crippen molar-refractivity contribution in [3.05, 3.63) is 34.4 Å². The third-order valence-corrected chi connectivity index (χ3v) is 2.98. The lowest BCUT2D eigenvalue weighted by atomic mass is 10.1. The molecule has 1 fully saturated rings. The van der Waals surface area contributed by atoms with Crippen LogP contribution in [0.3, 0.4) is 0 Å². The maximum Gasteiger partial charge on any atom is 0.269 e. The Labute approximate surface area is 101 Å². The number of nitro groups is 1. The predicted molar refractivity (Wildman–Crippen MR) is 67.4 cm³/mol. The van der Waals surface area contributed by atoms with Crippen molar-refractivity contribution in [1.82, 2.24) is 5.32 Å². The van der Waals surface area contributed by atoms with E-state index in [9.17, 15) is 10.1 Å². The van der Waals surface area contributed by atoms with Gasteiger partial charge in [-0.25, -0.2) is 0 Å². The summed E-state index contributed by atoms with van der Waals surface area (Å²) in [6.07, 6.45) is 0. The van der Waals surface area contributed by atoms with Crippen molar-refractivity contribution < 1.29 is 4.92 Å². The lowest BCUT2D eigenvalue weighted by Gasteiger charge is -2.37. The number of benzene rings is 1. The third-order valence-electron chi connectivity index (χ3n) is 2.98. The lowest BCUT2D eigenvalue weighted by Crippen LogP contribution is -2.54. The highest BCUT2D eigenvalue weighted by molar-refractivity contribution is 5.51. The molecule has 0 bridgehead atoms. The maximum atomic E-state index is 10.6. The molecule has 0 unspecified atom stereocenters. The molecule has 1 aliphatic heterocycles. The Morgan fingerprint density at radius 2 is 1.76 bits per heavy atom. The van der Waals surface area contributed by atoms with Crippen molar-refractivity contribution in [2.45, 2.75) is 25.9 Å². The minimum Gasteiger partial charge on any atom is -0.368 e. The van der Waals surface area contributed by atoms with Crippen LogP contribution in [0.4, 0.5) is 11.4 Å². The summed E-state index contributed by atoms with van der Waals surface area (Å²) < 4.78 is 0. The topological polar surface area (TPSA) is 58.4 Å². The number of non-ortho nitro benzene ring substituents is 1. The van der Waals surface area contributed by atoms with Gasteiger partial charge in [0.05, 0.1) is 4.92 Å². The standard InChI is InChI=1S/C12H17N3O2/c1-9-7-14(8-10(2)13-9)11-3-5-12(6-4-11)15(16)17/h3-6,9-10,13H,7-8H2,1-2H3/t9-,10-/m1/s1. The van der Waals surface area contributed by atoms with Gasteiger partial charge < -0.3 is 10.2 Å². The number of piperazine rings is 1. The summed E-state index contributed by atoms with van der Waals surface area (Å²) in [6, 6.07) is 7.65. The van der Waals surface area contributed by atoms with Crippen LogP contribution in [0.1, 0.15) is 13.8 Å². The molecule has 17 heavy (non-hydrogen) atoms. The molecule has 2 atom stereocenters. The van der Waals surface area contributed by atoms with Gasteiger partial charge in [-0.15, -0.1) is 0 Å². The van der Waals surface area contributed by atoms with E-state index in [1.165, 1.54) is 0 Å². The molecule has 1 aliphatic rings. The molecule has 1 aromatic carbocycles. The molecular weight excluding hydrogens is 218 g/mol. The molecule has 1 aromatic rings. The fraction of sp³-hybridized carbons (Fsp3) is 0.500. The summed E-state index contributed by atoms with van der Waals surface area (Å²) in [7, 11) is 0. The average Bonchev–Trinajstić information content (AvgIpc) is 2.28. The van der Waals surface area contributed by atoms with Crippen molar-refractivity contribution in [2.24, 2.45) is 0 Å². The van der Waals surface area contributed by atoms with Crippen LogP contribution >= 0.6 is 0 Å². The predicted octanol–water partition coefficient (Wildman–Crippen LogP) is 1.78. The molecule has 0 aliphatic carbocycles. The van der Waals surface area contributed by atoms with Crippen LogP contribution in [0, 0.1) is 10.1 Å². The second-order valence-electron chi connectivity index (χ2n) is 4.65. The Balaban J connectivity index is 2.14. The zero-order chi connectivity index (χ0) is 12.4. The van der Waals surface area contributed by atoms with E-state index in [0.29, 0.717) is 12.1 Å². The van der Waals surface area contributed by atoms with Crippen LogP contribution in [-0.4, -0.2) is 30.1 Å². The van der Waals surface area contributed by atoms with E-state index >= 15 is 0 Å². The molecule has 2 rings (SSSR count). The van der Waals surface area contributed by atoms with Gasteiger partial charge in [0.25, 0.3) is 5.69 Å². The van der Waals surface area contributed by atoms with Gasteiger partial charge >= 0.3 is 0 Å². The monoisotopic (exact) mass is 235 g/mol. The van der Waals surface area contributed by atoms with E-state index in [0.717, 1.165) is 18.8 Å². The van der Waals surface area contributed by atoms with Gasteiger partial charge in [-0.05, 0) is 26.0 Å². The fourth-order valence-electron chi connectivity index (χ4n) is 2.32. The van der Waals surface area contributed by atoms with Crippen LogP contribution in [0.15, 0.2) is 24.3 Å². The molecule has 0 spiro atoms. The van der Waals surface area contributed by atoms with Crippen LogP contribution in [0.25, 0.3) is 0 Å². The zero-order valence-corrected chi connectivity index (χ0v) is 10.1. The average molecular weight is 235 g/mol. The Bertz CT molecular complexity index is 395. The van der Waals surface area contributed by atoms with Crippen molar-refractivity contribution in [3.63, 3.8) is 0 Å². The number of nitrogens with one attached hydrogen (secondary N) is 1. The summed E-state index contributed by atoms with van der Waals surface area (Å²) >= 11 is 0. The Morgan fingerprint density at radius 3 is 2.24 bits per heavy atom.